The molecule has 0 spiro atoms. The number of benzene rings is 4. The highest BCUT2D eigenvalue weighted by molar-refractivity contribution is 5.50. The van der Waals surface area contributed by atoms with E-state index in [4.69, 9.17) is 0 Å². The average Bonchev–Trinajstić information content (AvgIpc) is 2.94. The second-order valence-corrected chi connectivity index (χ2v) is 9.25. The van der Waals surface area contributed by atoms with E-state index in [1.165, 1.54) is 12.1 Å². The molecule has 4 aromatic rings. The van der Waals surface area contributed by atoms with Crippen molar-refractivity contribution in [1.29, 1.82) is 0 Å². The zero-order valence-corrected chi connectivity index (χ0v) is 22.7. The van der Waals surface area contributed by atoms with Gasteiger partial charge in [-0.25, -0.2) is 30.7 Å². The van der Waals surface area contributed by atoms with Gasteiger partial charge in [0.15, 0.2) is 17.5 Å². The number of hydrogen-bond acceptors (Lipinski definition) is 1. The molecule has 224 valence electrons. The fourth-order valence-corrected chi connectivity index (χ4v) is 3.94. The molecule has 0 unspecified atom stereocenters. The Morgan fingerprint density at radius 1 is 0.636 bits per heavy atom. The van der Waals surface area contributed by atoms with Crippen LogP contribution in [-0.4, -0.2) is 0 Å². The summed E-state index contributed by atoms with van der Waals surface area (Å²) in [5.74, 6) is -1.05. The molecule has 0 aliphatic carbocycles. The van der Waals surface area contributed by atoms with Crippen molar-refractivity contribution in [1.82, 2.24) is 0 Å². The fourth-order valence-electron chi connectivity index (χ4n) is 3.94. The second kappa shape index (κ2) is 13.5. The molecule has 4 rings (SSSR count). The normalized spacial score (nSPS) is 11.1. The van der Waals surface area contributed by atoms with E-state index >= 15 is 0 Å². The van der Waals surface area contributed by atoms with E-state index in [9.17, 15) is 39.5 Å². The number of hydrogen-bond donors (Lipinski definition) is 0. The van der Waals surface area contributed by atoms with E-state index in [1.807, 2.05) is 0 Å². The van der Waals surface area contributed by atoms with Gasteiger partial charge in [-0.3, -0.25) is 0 Å². The number of rotatable bonds is 6. The van der Waals surface area contributed by atoms with E-state index in [0.29, 0.717) is 18.6 Å². The van der Waals surface area contributed by atoms with E-state index in [1.54, 1.807) is 19.1 Å². The van der Waals surface area contributed by atoms with Gasteiger partial charge < -0.3 is 4.74 Å². The fraction of sp³-hybridized carbons (Fsp3) is 0.118. The summed E-state index contributed by atoms with van der Waals surface area (Å²) in [5.41, 5.74) is -2.31. The first-order valence-corrected chi connectivity index (χ1v) is 12.8. The molecule has 0 N–H and O–H groups in total. The second-order valence-electron chi connectivity index (χ2n) is 9.25. The quantitative estimate of drug-likeness (QED) is 0.0912. The molecule has 0 bridgehead atoms. The van der Waals surface area contributed by atoms with Crippen molar-refractivity contribution in [2.75, 3.05) is 0 Å². The largest absolute Gasteiger partial charge is 0.432 e. The van der Waals surface area contributed by atoms with Crippen LogP contribution in [0.1, 0.15) is 46.7 Å². The van der Waals surface area contributed by atoms with E-state index in [-0.39, 0.29) is 28.7 Å². The first kappa shape index (κ1) is 31.8. The Morgan fingerprint density at radius 3 is 1.68 bits per heavy atom. The van der Waals surface area contributed by atoms with Crippen molar-refractivity contribution in [3.05, 3.63) is 147 Å². The molecule has 44 heavy (non-hydrogen) atoms. The smallest absolute Gasteiger partial charge is 0.429 e. The maximum atomic E-state index is 14.7. The number of allylic oxidation sites excluding steroid dienone is 2. The molecule has 0 saturated carbocycles. The minimum atomic E-state index is -4.35. The first-order valence-electron chi connectivity index (χ1n) is 12.8. The monoisotopic (exact) mass is 614 g/mol. The van der Waals surface area contributed by atoms with Gasteiger partial charge in [0.05, 0.1) is 5.56 Å². The van der Waals surface area contributed by atoms with Crippen LogP contribution in [0.15, 0.2) is 72.8 Å². The molecular weight excluding hydrogens is 595 g/mol. The SMILES string of the molecule is C/C=C/CCc1cc(F)c(C(F)(F)Oc2ccc(C#Cc3cc(F)c(C#Cc4cc(F)c(F)c(F)c4)c(F)c3)cc2)c(F)c1. The molecule has 0 radical (unpaired) electrons. The molecule has 0 aliphatic rings. The van der Waals surface area contributed by atoms with Crippen molar-refractivity contribution >= 4 is 0 Å². The summed E-state index contributed by atoms with van der Waals surface area (Å²) in [6.45, 7) is 1.78. The molecule has 10 heteroatoms. The molecule has 0 amide bonds. The lowest BCUT2D eigenvalue weighted by Gasteiger charge is -2.20. The molecule has 0 heterocycles. The van der Waals surface area contributed by atoms with Crippen molar-refractivity contribution in [3.8, 4) is 29.4 Å². The number of ether oxygens (including phenoxy) is 1. The van der Waals surface area contributed by atoms with Crippen LogP contribution in [0, 0.1) is 64.4 Å². The number of aryl methyl sites for hydroxylation is 1. The lowest BCUT2D eigenvalue weighted by molar-refractivity contribution is -0.189. The van der Waals surface area contributed by atoms with Gasteiger partial charge >= 0.3 is 6.11 Å². The lowest BCUT2D eigenvalue weighted by Crippen LogP contribution is -2.25. The summed E-state index contributed by atoms with van der Waals surface area (Å²) in [4.78, 5) is 0. The van der Waals surface area contributed by atoms with E-state index < -0.39 is 63.7 Å². The molecule has 1 nitrogen and oxygen atoms in total. The van der Waals surface area contributed by atoms with Crippen LogP contribution in [-0.2, 0) is 12.5 Å². The lowest BCUT2D eigenvalue weighted by atomic mass is 10.0. The standard InChI is InChI=1S/C34H19F9O/c1-2-3-4-5-21-16-28(37)32(29(38)17-21)34(42,43)44-24-11-8-20(9-12-24)6-7-22-14-26(35)25(27(36)15-22)13-10-23-18-30(39)33(41)31(40)19-23/h2-3,8-9,11-12,14-19H,4-5H2,1H3/b3-2+. The van der Waals surface area contributed by atoms with Crippen LogP contribution in [0.5, 0.6) is 5.75 Å². The summed E-state index contributed by atoms with van der Waals surface area (Å²) in [7, 11) is 0. The highest BCUT2D eigenvalue weighted by Crippen LogP contribution is 2.35. The Balaban J connectivity index is 1.48. The summed E-state index contributed by atoms with van der Waals surface area (Å²) in [6, 6.07) is 9.11. The van der Waals surface area contributed by atoms with Crippen LogP contribution < -0.4 is 4.74 Å². The Bertz CT molecular complexity index is 1790. The third kappa shape index (κ3) is 7.64. The minimum absolute atomic E-state index is 0.128. The molecule has 0 fully saturated rings. The third-order valence-electron chi connectivity index (χ3n) is 6.04. The van der Waals surface area contributed by atoms with Gasteiger partial charge in [-0.2, -0.15) is 8.78 Å². The highest BCUT2D eigenvalue weighted by atomic mass is 19.3. The van der Waals surface area contributed by atoms with Crippen LogP contribution in [0.4, 0.5) is 39.5 Å². The van der Waals surface area contributed by atoms with E-state index in [2.05, 4.69) is 28.4 Å². The Hall–Kier alpha value is -5.09. The average molecular weight is 615 g/mol. The van der Waals surface area contributed by atoms with E-state index in [0.717, 1.165) is 36.4 Å². The van der Waals surface area contributed by atoms with Crippen LogP contribution >= 0.6 is 0 Å². The summed E-state index contributed by atoms with van der Waals surface area (Å²) in [6.07, 6.45) is -0.0858. The predicted molar refractivity (Wildman–Crippen MR) is 145 cm³/mol. The number of alkyl halides is 2. The zero-order valence-electron chi connectivity index (χ0n) is 22.7. The molecule has 0 aliphatic heterocycles. The van der Waals surface area contributed by atoms with Gasteiger partial charge in [0, 0.05) is 16.7 Å². The first-order chi connectivity index (χ1) is 20.9. The maximum Gasteiger partial charge on any atom is 0.432 e. The molecule has 0 saturated heterocycles. The molecule has 0 aromatic heterocycles. The van der Waals surface area contributed by atoms with Crippen molar-refractivity contribution < 1.29 is 44.3 Å². The van der Waals surface area contributed by atoms with Gasteiger partial charge in [-0.05, 0) is 86.0 Å². The Kier molecular flexibility index (Phi) is 9.75. The summed E-state index contributed by atoms with van der Waals surface area (Å²) < 4.78 is 132. The van der Waals surface area contributed by atoms with Gasteiger partial charge in [-0.1, -0.05) is 35.8 Å². The topological polar surface area (TPSA) is 9.23 Å². The van der Waals surface area contributed by atoms with Gasteiger partial charge in [-0.15, -0.1) is 0 Å². The van der Waals surface area contributed by atoms with Gasteiger partial charge in [0.1, 0.15) is 34.6 Å². The van der Waals surface area contributed by atoms with Crippen molar-refractivity contribution in [3.63, 3.8) is 0 Å². The molecule has 0 atom stereocenters. The summed E-state index contributed by atoms with van der Waals surface area (Å²) in [5, 5.41) is 0. The Labute approximate surface area is 246 Å². The van der Waals surface area contributed by atoms with Gasteiger partial charge in [0.25, 0.3) is 0 Å². The Morgan fingerprint density at radius 2 is 1.14 bits per heavy atom. The molecular formula is C34H19F9O. The van der Waals surface area contributed by atoms with Crippen molar-refractivity contribution in [2.24, 2.45) is 0 Å². The highest BCUT2D eigenvalue weighted by Gasteiger charge is 2.41. The minimum Gasteiger partial charge on any atom is -0.429 e. The third-order valence-corrected chi connectivity index (χ3v) is 6.04. The summed E-state index contributed by atoms with van der Waals surface area (Å²) >= 11 is 0. The zero-order chi connectivity index (χ0) is 32.0. The maximum absolute atomic E-state index is 14.7. The van der Waals surface area contributed by atoms with Crippen LogP contribution in [0.25, 0.3) is 0 Å². The number of halogens is 9. The van der Waals surface area contributed by atoms with Crippen molar-refractivity contribution in [2.45, 2.75) is 25.9 Å². The molecule has 4 aromatic carbocycles. The predicted octanol–water partition coefficient (Wildman–Crippen LogP) is 9.10. The van der Waals surface area contributed by atoms with Crippen LogP contribution in [0.2, 0.25) is 0 Å². The van der Waals surface area contributed by atoms with Crippen LogP contribution in [0.3, 0.4) is 0 Å². The van der Waals surface area contributed by atoms with Gasteiger partial charge in [0.2, 0.25) is 0 Å².